The highest BCUT2D eigenvalue weighted by molar-refractivity contribution is 9.09. The zero-order chi connectivity index (χ0) is 13.2. The summed E-state index contributed by atoms with van der Waals surface area (Å²) in [6.07, 6.45) is 2.83. The third-order valence-corrected chi connectivity index (χ3v) is 3.37. The summed E-state index contributed by atoms with van der Waals surface area (Å²) < 4.78 is 1.80. The molecular formula is C14H13BrN4. The maximum absolute atomic E-state index is 4.61. The van der Waals surface area contributed by atoms with E-state index in [1.54, 1.807) is 4.68 Å². The number of aryl methyl sites for hydroxylation is 2. The minimum atomic E-state index is 0.872. The van der Waals surface area contributed by atoms with Gasteiger partial charge in [0.1, 0.15) is 0 Å². The van der Waals surface area contributed by atoms with E-state index in [0.717, 1.165) is 39.7 Å². The van der Waals surface area contributed by atoms with Crippen LogP contribution in [0.4, 0.5) is 0 Å². The topological polar surface area (TPSA) is 43.6 Å². The van der Waals surface area contributed by atoms with Crippen LogP contribution in [-0.4, -0.2) is 25.3 Å². The second-order valence-electron chi connectivity index (χ2n) is 4.39. The van der Waals surface area contributed by atoms with Gasteiger partial charge in [0.2, 0.25) is 0 Å². The summed E-state index contributed by atoms with van der Waals surface area (Å²) in [7, 11) is 0. The van der Waals surface area contributed by atoms with E-state index in [0.29, 0.717) is 0 Å². The third-order valence-electron chi connectivity index (χ3n) is 2.98. The Morgan fingerprint density at radius 2 is 2.11 bits per heavy atom. The zero-order valence-electron chi connectivity index (χ0n) is 10.5. The van der Waals surface area contributed by atoms with E-state index < -0.39 is 0 Å². The predicted molar refractivity (Wildman–Crippen MR) is 78.9 cm³/mol. The molecule has 19 heavy (non-hydrogen) atoms. The standard InChI is InChI=1S/C14H13BrN4/c1-10-5-6-11-3-2-4-13(14(11)16-10)19-9-12(7-8-15)17-18-19/h2-6,9H,7-8H2,1H3. The molecule has 0 saturated carbocycles. The molecule has 1 aromatic carbocycles. The van der Waals surface area contributed by atoms with E-state index in [-0.39, 0.29) is 0 Å². The Morgan fingerprint density at radius 1 is 1.21 bits per heavy atom. The number of hydrogen-bond acceptors (Lipinski definition) is 3. The van der Waals surface area contributed by atoms with Gasteiger partial charge >= 0.3 is 0 Å². The summed E-state index contributed by atoms with van der Waals surface area (Å²) in [5, 5.41) is 10.4. The van der Waals surface area contributed by atoms with Gasteiger partial charge in [0.05, 0.1) is 23.1 Å². The van der Waals surface area contributed by atoms with Gasteiger partial charge in [0, 0.05) is 22.8 Å². The molecule has 0 amide bonds. The van der Waals surface area contributed by atoms with Gasteiger partial charge in [0.25, 0.3) is 0 Å². The summed E-state index contributed by atoms with van der Waals surface area (Å²) in [4.78, 5) is 4.61. The highest BCUT2D eigenvalue weighted by Crippen LogP contribution is 2.20. The lowest BCUT2D eigenvalue weighted by Gasteiger charge is -2.05. The Bertz CT molecular complexity index is 720. The van der Waals surface area contributed by atoms with Crippen molar-refractivity contribution in [1.82, 2.24) is 20.0 Å². The van der Waals surface area contributed by atoms with E-state index in [4.69, 9.17) is 0 Å². The Labute approximate surface area is 119 Å². The number of aromatic nitrogens is 4. The second kappa shape index (κ2) is 5.09. The molecule has 0 fully saturated rings. The third kappa shape index (κ3) is 2.38. The Hall–Kier alpha value is -1.75. The second-order valence-corrected chi connectivity index (χ2v) is 5.19. The monoisotopic (exact) mass is 316 g/mol. The summed E-state index contributed by atoms with van der Waals surface area (Å²) in [5.41, 5.74) is 3.90. The fourth-order valence-corrected chi connectivity index (χ4v) is 2.45. The van der Waals surface area contributed by atoms with E-state index in [1.807, 2.05) is 31.3 Å². The van der Waals surface area contributed by atoms with Crippen molar-refractivity contribution in [2.45, 2.75) is 13.3 Å². The lowest BCUT2D eigenvalue weighted by Crippen LogP contribution is -1.98. The molecule has 0 saturated heterocycles. The highest BCUT2D eigenvalue weighted by Gasteiger charge is 2.07. The molecule has 3 rings (SSSR count). The van der Waals surface area contributed by atoms with E-state index in [9.17, 15) is 0 Å². The van der Waals surface area contributed by atoms with Crippen LogP contribution in [0.2, 0.25) is 0 Å². The van der Waals surface area contributed by atoms with Crippen LogP contribution in [0, 0.1) is 6.92 Å². The molecule has 4 nitrogen and oxygen atoms in total. The van der Waals surface area contributed by atoms with Gasteiger partial charge in [-0.1, -0.05) is 39.3 Å². The van der Waals surface area contributed by atoms with Gasteiger partial charge in [-0.15, -0.1) is 5.10 Å². The van der Waals surface area contributed by atoms with Crippen LogP contribution in [0.15, 0.2) is 36.5 Å². The lowest BCUT2D eigenvalue weighted by atomic mass is 10.2. The first-order valence-electron chi connectivity index (χ1n) is 6.12. The lowest BCUT2D eigenvalue weighted by molar-refractivity contribution is 0.801. The van der Waals surface area contributed by atoms with Crippen LogP contribution in [-0.2, 0) is 6.42 Å². The van der Waals surface area contributed by atoms with E-state index >= 15 is 0 Å². The van der Waals surface area contributed by atoms with Crippen LogP contribution < -0.4 is 0 Å². The molecule has 0 aliphatic heterocycles. The number of rotatable bonds is 3. The predicted octanol–water partition coefficient (Wildman–Crippen LogP) is 3.06. The Kier molecular flexibility index (Phi) is 3.29. The molecule has 0 radical (unpaired) electrons. The smallest absolute Gasteiger partial charge is 0.0962 e. The van der Waals surface area contributed by atoms with Gasteiger partial charge in [-0.3, -0.25) is 4.98 Å². The number of alkyl halides is 1. The van der Waals surface area contributed by atoms with Gasteiger partial charge in [-0.05, 0) is 19.1 Å². The molecular weight excluding hydrogens is 304 g/mol. The average molecular weight is 317 g/mol. The van der Waals surface area contributed by atoms with Crippen molar-refractivity contribution in [3.8, 4) is 5.69 Å². The van der Waals surface area contributed by atoms with Gasteiger partial charge in [-0.2, -0.15) is 0 Å². The molecule has 0 unspecified atom stereocenters. The maximum Gasteiger partial charge on any atom is 0.0962 e. The van der Waals surface area contributed by atoms with E-state index in [2.05, 4.69) is 43.4 Å². The average Bonchev–Trinajstić information content (AvgIpc) is 2.87. The molecule has 5 heteroatoms. The SMILES string of the molecule is Cc1ccc2cccc(-n3cc(CCBr)nn3)c2n1. The van der Waals surface area contributed by atoms with E-state index in [1.165, 1.54) is 0 Å². The molecule has 0 N–H and O–H groups in total. The summed E-state index contributed by atoms with van der Waals surface area (Å²) >= 11 is 3.41. The number of fused-ring (bicyclic) bond motifs is 1. The van der Waals surface area contributed by atoms with Crippen molar-refractivity contribution < 1.29 is 0 Å². The number of hydrogen-bond donors (Lipinski definition) is 0. The highest BCUT2D eigenvalue weighted by atomic mass is 79.9. The molecule has 0 aliphatic rings. The molecule has 3 aromatic rings. The first kappa shape index (κ1) is 12.3. The number of pyridine rings is 1. The molecule has 0 aliphatic carbocycles. The van der Waals surface area contributed by atoms with Crippen LogP contribution in [0.3, 0.4) is 0 Å². The largest absolute Gasteiger partial charge is 0.251 e. The number of benzene rings is 1. The number of halogens is 1. The molecule has 0 atom stereocenters. The van der Waals surface area contributed by atoms with Gasteiger partial charge in [-0.25, -0.2) is 4.68 Å². The van der Waals surface area contributed by atoms with Crippen molar-refractivity contribution >= 4 is 26.8 Å². The summed E-state index contributed by atoms with van der Waals surface area (Å²) in [5.74, 6) is 0. The normalized spacial score (nSPS) is 11.1. The fourth-order valence-electron chi connectivity index (χ4n) is 2.04. The molecule has 96 valence electrons. The van der Waals surface area contributed by atoms with Crippen molar-refractivity contribution in [3.05, 3.63) is 47.9 Å². The maximum atomic E-state index is 4.61. The van der Waals surface area contributed by atoms with Crippen LogP contribution >= 0.6 is 15.9 Å². The fraction of sp³-hybridized carbons (Fsp3) is 0.214. The minimum absolute atomic E-state index is 0.872. The Morgan fingerprint density at radius 3 is 2.95 bits per heavy atom. The first-order valence-corrected chi connectivity index (χ1v) is 7.24. The van der Waals surface area contributed by atoms with Crippen molar-refractivity contribution in [2.24, 2.45) is 0 Å². The van der Waals surface area contributed by atoms with Crippen molar-refractivity contribution in [2.75, 3.05) is 5.33 Å². The van der Waals surface area contributed by atoms with Crippen molar-refractivity contribution in [1.29, 1.82) is 0 Å². The quantitative estimate of drug-likeness (QED) is 0.697. The summed E-state index contributed by atoms with van der Waals surface area (Å²) in [6.45, 7) is 1.99. The molecule has 2 aromatic heterocycles. The number of para-hydroxylation sites is 1. The van der Waals surface area contributed by atoms with Crippen LogP contribution in [0.1, 0.15) is 11.4 Å². The zero-order valence-corrected chi connectivity index (χ0v) is 12.1. The van der Waals surface area contributed by atoms with Gasteiger partial charge < -0.3 is 0 Å². The van der Waals surface area contributed by atoms with Gasteiger partial charge in [0.15, 0.2) is 0 Å². The first-order chi connectivity index (χ1) is 9.28. The van der Waals surface area contributed by atoms with Crippen molar-refractivity contribution in [3.63, 3.8) is 0 Å². The van der Waals surface area contributed by atoms with Crippen LogP contribution in [0.5, 0.6) is 0 Å². The molecule has 2 heterocycles. The molecule has 0 bridgehead atoms. The number of nitrogens with zero attached hydrogens (tertiary/aromatic N) is 4. The molecule has 0 spiro atoms. The Balaban J connectivity index is 2.15. The summed E-state index contributed by atoms with van der Waals surface area (Å²) in [6, 6.07) is 10.2. The minimum Gasteiger partial charge on any atom is -0.251 e. The van der Waals surface area contributed by atoms with Crippen LogP contribution in [0.25, 0.3) is 16.6 Å².